The van der Waals surface area contributed by atoms with Crippen molar-refractivity contribution >= 4 is 49.1 Å². The molecule has 0 saturated carbocycles. The van der Waals surface area contributed by atoms with Gasteiger partial charge in [0.2, 0.25) is 0 Å². The van der Waals surface area contributed by atoms with Crippen LogP contribution in [0.25, 0.3) is 0 Å². The standard InChI is InChI=1S/2C7H6N2S.2ClH.Sn/c2*1-5-2-3-6(4-8)7(10)9-5;;;/h2*2-3H,1H3,(H,9,10);2*1H;/q;;;;+4/p-4. The Morgan fingerprint density at radius 1 is 0.870 bits per heavy atom. The molecule has 0 aliphatic heterocycles. The van der Waals surface area contributed by atoms with Gasteiger partial charge in [-0.25, -0.2) is 0 Å². The second-order valence-corrected chi connectivity index (χ2v) is 36.7. The van der Waals surface area contributed by atoms with Crippen LogP contribution < -0.4 is 0 Å². The van der Waals surface area contributed by atoms with E-state index < -0.39 is 13.4 Å². The zero-order valence-corrected chi connectivity index (χ0v) is 18.2. The Morgan fingerprint density at radius 2 is 1.26 bits per heavy atom. The number of aryl methyl sites for hydroxylation is 2. The summed E-state index contributed by atoms with van der Waals surface area (Å²) in [6, 6.07) is 11.1. The first kappa shape index (κ1) is 18.7. The molecule has 2 heterocycles. The Morgan fingerprint density at radius 3 is 1.61 bits per heavy atom. The molecule has 0 spiro atoms. The van der Waals surface area contributed by atoms with Crippen LogP contribution in [-0.4, -0.2) is 23.3 Å². The summed E-state index contributed by atoms with van der Waals surface area (Å²) in [5, 5.41) is 19.4. The Bertz CT molecular complexity index is 763. The number of nitrogens with zero attached hydrogens (tertiary/aromatic N) is 4. The van der Waals surface area contributed by atoms with Crippen molar-refractivity contribution in [3.63, 3.8) is 0 Å². The van der Waals surface area contributed by atoms with Gasteiger partial charge in [-0.1, -0.05) is 0 Å². The minimum atomic E-state index is -3.79. The average molecular weight is 488 g/mol. The molecule has 4 nitrogen and oxygen atoms in total. The fourth-order valence-corrected chi connectivity index (χ4v) is 19.7. The summed E-state index contributed by atoms with van der Waals surface area (Å²) >= 11 is -3.79. The van der Waals surface area contributed by atoms with Gasteiger partial charge in [0.1, 0.15) is 0 Å². The van der Waals surface area contributed by atoms with Gasteiger partial charge in [-0.3, -0.25) is 0 Å². The summed E-state index contributed by atoms with van der Waals surface area (Å²) in [5.41, 5.74) is 2.47. The van der Waals surface area contributed by atoms with Gasteiger partial charge in [0, 0.05) is 0 Å². The van der Waals surface area contributed by atoms with Crippen LogP contribution in [0.4, 0.5) is 0 Å². The van der Waals surface area contributed by atoms with E-state index in [0.717, 1.165) is 11.4 Å². The van der Waals surface area contributed by atoms with Crippen molar-refractivity contribution in [3.8, 4) is 12.1 Å². The predicted molar refractivity (Wildman–Crippen MR) is 96.6 cm³/mol. The Labute approximate surface area is 151 Å². The average Bonchev–Trinajstić information content (AvgIpc) is 2.47. The Kier molecular flexibility index (Phi) is 6.47. The molecule has 0 aromatic carbocycles. The summed E-state index contributed by atoms with van der Waals surface area (Å²) < 4.78 is 0. The number of aromatic nitrogens is 2. The number of hydrogen-bond donors (Lipinski definition) is 0. The maximum absolute atomic E-state index is 9.19. The molecular formula is C14H10Cl2N4S2Sn. The molecule has 9 heteroatoms. The molecule has 0 unspecified atom stereocenters. The molecule has 0 saturated heterocycles. The molecule has 2 aromatic heterocycles. The molecule has 0 amide bonds. The molecule has 0 aliphatic rings. The van der Waals surface area contributed by atoms with Crippen molar-refractivity contribution in [2.75, 3.05) is 0 Å². The molecule has 0 N–H and O–H groups in total. The molecule has 0 aliphatic carbocycles. The second-order valence-electron chi connectivity index (χ2n) is 4.50. The van der Waals surface area contributed by atoms with Gasteiger partial charge in [-0.2, -0.15) is 0 Å². The molecule has 0 bridgehead atoms. The van der Waals surface area contributed by atoms with Gasteiger partial charge >= 0.3 is 152 Å². The molecule has 0 radical (unpaired) electrons. The zero-order valence-electron chi connectivity index (χ0n) is 12.2. The number of nitriles is 2. The van der Waals surface area contributed by atoms with E-state index in [9.17, 15) is 10.5 Å². The summed E-state index contributed by atoms with van der Waals surface area (Å²) in [6.45, 7) is 3.68. The number of halogens is 2. The van der Waals surface area contributed by atoms with Crippen LogP contribution in [0.5, 0.6) is 0 Å². The van der Waals surface area contributed by atoms with Crippen molar-refractivity contribution in [2.45, 2.75) is 23.9 Å². The van der Waals surface area contributed by atoms with Crippen molar-refractivity contribution in [3.05, 3.63) is 46.8 Å². The van der Waals surface area contributed by atoms with Crippen molar-refractivity contribution in [1.82, 2.24) is 9.97 Å². The fraction of sp³-hybridized carbons (Fsp3) is 0.143. The third kappa shape index (κ3) is 5.17. The van der Waals surface area contributed by atoms with E-state index in [2.05, 4.69) is 22.1 Å². The third-order valence-corrected chi connectivity index (χ3v) is 21.1. The minimum absolute atomic E-state index is 0.446. The first-order valence-corrected chi connectivity index (χ1v) is 22.2. The summed E-state index contributed by atoms with van der Waals surface area (Å²) in [5.74, 6) is 0. The number of rotatable bonds is 4. The van der Waals surface area contributed by atoms with Gasteiger partial charge in [0.15, 0.2) is 0 Å². The Hall–Kier alpha value is -0.641. The first-order valence-electron chi connectivity index (χ1n) is 6.36. The maximum atomic E-state index is 9.19. The monoisotopic (exact) mass is 488 g/mol. The van der Waals surface area contributed by atoms with E-state index in [1.54, 1.807) is 24.3 Å². The van der Waals surface area contributed by atoms with E-state index in [1.165, 1.54) is 17.9 Å². The van der Waals surface area contributed by atoms with Crippen molar-refractivity contribution in [2.24, 2.45) is 0 Å². The normalized spacial score (nSPS) is 10.9. The van der Waals surface area contributed by atoms with Gasteiger partial charge in [-0.05, 0) is 0 Å². The second kappa shape index (κ2) is 7.96. The van der Waals surface area contributed by atoms with Gasteiger partial charge < -0.3 is 0 Å². The molecule has 2 aromatic rings. The van der Waals surface area contributed by atoms with E-state index in [1.807, 2.05) is 13.8 Å². The summed E-state index contributed by atoms with van der Waals surface area (Å²) in [7, 11) is 15.6. The van der Waals surface area contributed by atoms with E-state index in [0.29, 0.717) is 21.2 Å². The number of hydrogen-bond acceptors (Lipinski definition) is 6. The molecule has 0 fully saturated rings. The van der Waals surface area contributed by atoms with Crippen LogP contribution >= 0.6 is 35.7 Å². The van der Waals surface area contributed by atoms with Crippen LogP contribution in [0.1, 0.15) is 22.5 Å². The summed E-state index contributed by atoms with van der Waals surface area (Å²) in [6.07, 6.45) is 0. The third-order valence-electron chi connectivity index (χ3n) is 2.67. The van der Waals surface area contributed by atoms with Crippen LogP contribution in [0.3, 0.4) is 0 Å². The van der Waals surface area contributed by atoms with Crippen LogP contribution in [0, 0.1) is 36.5 Å². The van der Waals surface area contributed by atoms with Gasteiger partial charge in [-0.15, -0.1) is 0 Å². The van der Waals surface area contributed by atoms with Gasteiger partial charge in [0.05, 0.1) is 0 Å². The van der Waals surface area contributed by atoms with E-state index in [-0.39, 0.29) is 0 Å². The molecular weight excluding hydrogens is 478 g/mol. The van der Waals surface area contributed by atoms with Crippen LogP contribution in [0.2, 0.25) is 0 Å². The van der Waals surface area contributed by atoms with Crippen molar-refractivity contribution < 1.29 is 0 Å². The predicted octanol–water partition coefficient (Wildman–Crippen LogP) is 4.63. The van der Waals surface area contributed by atoms with Crippen LogP contribution in [0.15, 0.2) is 34.3 Å². The molecule has 0 atom stereocenters. The quantitative estimate of drug-likeness (QED) is 0.585. The summed E-state index contributed by atoms with van der Waals surface area (Å²) in [4.78, 5) is 8.71. The fourth-order valence-electron chi connectivity index (χ4n) is 1.64. The Balaban J connectivity index is 2.31. The molecule has 116 valence electrons. The zero-order chi connectivity index (χ0) is 17.0. The number of pyridine rings is 2. The topological polar surface area (TPSA) is 73.4 Å². The van der Waals surface area contributed by atoms with Gasteiger partial charge in [0.25, 0.3) is 0 Å². The SMILES string of the molecule is Cc1ccc(C#N)c([S][Sn]([Cl])([Cl])[S]c2nc(C)ccc2C#N)n1. The van der Waals surface area contributed by atoms with Crippen molar-refractivity contribution in [1.29, 1.82) is 10.5 Å². The molecule has 2 rings (SSSR count). The van der Waals surface area contributed by atoms with Crippen LogP contribution in [-0.2, 0) is 0 Å². The molecule has 23 heavy (non-hydrogen) atoms. The van der Waals surface area contributed by atoms with E-state index >= 15 is 0 Å². The first-order chi connectivity index (χ1) is 10.8. The van der Waals surface area contributed by atoms with E-state index in [4.69, 9.17) is 17.8 Å².